The molecule has 0 saturated carbocycles. The molecule has 0 bridgehead atoms. The minimum absolute atomic E-state index is 0.0668. The molecule has 3 heterocycles. The minimum atomic E-state index is -0.123. The fourth-order valence-electron chi connectivity index (χ4n) is 1.80. The number of carbonyl (C=O) groups is 2. The first-order chi connectivity index (χ1) is 7.27. The first kappa shape index (κ1) is 8.72. The number of rotatable bonds is 0. The summed E-state index contributed by atoms with van der Waals surface area (Å²) in [7, 11) is 0. The standard InChI is InChI=1S/C9H8N2O3S/c12-6-3-14-5-4-15-8-7(5)11(6)2-1-10-9(8)13/h4H,1-3H2,(H,10,13). The van der Waals surface area contributed by atoms with Crippen LogP contribution in [0.5, 0.6) is 5.75 Å². The number of carbonyl (C=O) groups excluding carboxylic acids is 2. The molecule has 0 spiro atoms. The molecule has 78 valence electrons. The zero-order valence-corrected chi connectivity index (χ0v) is 8.60. The van der Waals surface area contributed by atoms with Crippen molar-refractivity contribution in [3.05, 3.63) is 10.3 Å². The van der Waals surface area contributed by atoms with E-state index in [4.69, 9.17) is 4.74 Å². The highest BCUT2D eigenvalue weighted by molar-refractivity contribution is 7.13. The van der Waals surface area contributed by atoms with Crippen LogP contribution in [0, 0.1) is 0 Å². The summed E-state index contributed by atoms with van der Waals surface area (Å²) in [4.78, 5) is 25.4. The van der Waals surface area contributed by atoms with Crippen LogP contribution in [0.2, 0.25) is 0 Å². The predicted molar refractivity (Wildman–Crippen MR) is 54.5 cm³/mol. The van der Waals surface area contributed by atoms with Crippen molar-refractivity contribution < 1.29 is 14.3 Å². The summed E-state index contributed by atoms with van der Waals surface area (Å²) in [5.74, 6) is 0.437. The summed E-state index contributed by atoms with van der Waals surface area (Å²) >= 11 is 1.31. The molecule has 0 aliphatic carbocycles. The molecule has 1 aromatic rings. The van der Waals surface area contributed by atoms with E-state index >= 15 is 0 Å². The van der Waals surface area contributed by atoms with Crippen molar-refractivity contribution in [1.82, 2.24) is 5.32 Å². The second-order valence-electron chi connectivity index (χ2n) is 3.37. The second-order valence-corrected chi connectivity index (χ2v) is 4.25. The van der Waals surface area contributed by atoms with Gasteiger partial charge in [-0.25, -0.2) is 0 Å². The number of amides is 2. The Hall–Kier alpha value is -1.56. The lowest BCUT2D eigenvalue weighted by Gasteiger charge is -2.26. The predicted octanol–water partition coefficient (Wildman–Crippen LogP) is 0.217. The summed E-state index contributed by atoms with van der Waals surface area (Å²) < 4.78 is 5.27. The first-order valence-electron chi connectivity index (χ1n) is 4.60. The van der Waals surface area contributed by atoms with Gasteiger partial charge >= 0.3 is 0 Å². The fraction of sp³-hybridized carbons (Fsp3) is 0.333. The van der Waals surface area contributed by atoms with Gasteiger partial charge in [0.15, 0.2) is 12.4 Å². The highest BCUT2D eigenvalue weighted by atomic mass is 32.1. The quantitative estimate of drug-likeness (QED) is 0.685. The molecule has 15 heavy (non-hydrogen) atoms. The average molecular weight is 224 g/mol. The maximum atomic E-state index is 11.6. The molecule has 6 heteroatoms. The Bertz CT molecular complexity index is 454. The number of nitrogens with one attached hydrogen (secondary N) is 1. The molecule has 2 amide bonds. The lowest BCUT2D eigenvalue weighted by Crippen LogP contribution is -2.40. The van der Waals surface area contributed by atoms with Crippen molar-refractivity contribution in [2.75, 3.05) is 24.6 Å². The summed E-state index contributed by atoms with van der Waals surface area (Å²) in [5.41, 5.74) is 0.645. The zero-order valence-electron chi connectivity index (χ0n) is 7.78. The summed E-state index contributed by atoms with van der Waals surface area (Å²) in [5, 5.41) is 4.52. The van der Waals surface area contributed by atoms with Crippen LogP contribution < -0.4 is 15.0 Å². The normalized spacial score (nSPS) is 19.1. The van der Waals surface area contributed by atoms with Gasteiger partial charge < -0.3 is 15.0 Å². The van der Waals surface area contributed by atoms with Crippen LogP contribution in [-0.4, -0.2) is 31.5 Å². The summed E-state index contributed by atoms with van der Waals surface area (Å²) in [6.45, 7) is 1.08. The summed E-state index contributed by atoms with van der Waals surface area (Å²) in [6, 6.07) is 0. The van der Waals surface area contributed by atoms with Crippen molar-refractivity contribution in [2.45, 2.75) is 0 Å². The van der Waals surface area contributed by atoms with Crippen molar-refractivity contribution in [1.29, 1.82) is 0 Å². The van der Waals surface area contributed by atoms with E-state index in [1.807, 2.05) is 0 Å². The molecular weight excluding hydrogens is 216 g/mol. The highest BCUT2D eigenvalue weighted by Gasteiger charge is 2.33. The zero-order chi connectivity index (χ0) is 10.4. The Balaban J connectivity index is 2.20. The molecule has 0 fully saturated rings. The molecule has 5 nitrogen and oxygen atoms in total. The second kappa shape index (κ2) is 2.96. The van der Waals surface area contributed by atoms with Crippen molar-refractivity contribution >= 4 is 28.8 Å². The first-order valence-corrected chi connectivity index (χ1v) is 5.48. The number of thiophene rings is 1. The van der Waals surface area contributed by atoms with E-state index in [0.29, 0.717) is 29.4 Å². The van der Waals surface area contributed by atoms with E-state index in [2.05, 4.69) is 5.32 Å². The largest absolute Gasteiger partial charge is 0.481 e. The molecule has 0 saturated heterocycles. The molecule has 1 N–H and O–H groups in total. The van der Waals surface area contributed by atoms with Crippen LogP contribution in [-0.2, 0) is 4.79 Å². The lowest BCUT2D eigenvalue weighted by molar-refractivity contribution is -0.121. The topological polar surface area (TPSA) is 58.6 Å². The third-order valence-electron chi connectivity index (χ3n) is 2.48. The number of ether oxygens (including phenoxy) is 1. The fourth-order valence-corrected chi connectivity index (χ4v) is 2.70. The molecule has 0 radical (unpaired) electrons. The van der Waals surface area contributed by atoms with Crippen LogP contribution in [0.15, 0.2) is 5.38 Å². The van der Waals surface area contributed by atoms with Crippen molar-refractivity contribution in [3.8, 4) is 5.75 Å². The van der Waals surface area contributed by atoms with Crippen LogP contribution in [0.25, 0.3) is 0 Å². The third-order valence-corrected chi connectivity index (χ3v) is 3.43. The van der Waals surface area contributed by atoms with E-state index < -0.39 is 0 Å². The number of nitrogens with zero attached hydrogens (tertiary/aromatic N) is 1. The van der Waals surface area contributed by atoms with Gasteiger partial charge in [0, 0.05) is 18.5 Å². The van der Waals surface area contributed by atoms with Gasteiger partial charge in [0.05, 0.1) is 0 Å². The molecule has 3 rings (SSSR count). The number of hydrogen-bond acceptors (Lipinski definition) is 4. The van der Waals surface area contributed by atoms with Crippen LogP contribution in [0.3, 0.4) is 0 Å². The molecule has 0 unspecified atom stereocenters. The van der Waals surface area contributed by atoms with Gasteiger partial charge in [-0.15, -0.1) is 11.3 Å². The molecule has 1 aromatic heterocycles. The Morgan fingerprint density at radius 2 is 2.33 bits per heavy atom. The molecular formula is C9H8N2O3S. The van der Waals surface area contributed by atoms with Gasteiger partial charge in [-0.1, -0.05) is 0 Å². The molecule has 2 aliphatic heterocycles. The highest BCUT2D eigenvalue weighted by Crippen LogP contribution is 2.40. The minimum Gasteiger partial charge on any atom is -0.481 e. The van der Waals surface area contributed by atoms with Gasteiger partial charge in [0.2, 0.25) is 0 Å². The molecule has 0 atom stereocenters. The molecule has 0 aromatic carbocycles. The third kappa shape index (κ3) is 1.14. The Morgan fingerprint density at radius 3 is 3.20 bits per heavy atom. The van der Waals surface area contributed by atoms with E-state index in [0.717, 1.165) is 0 Å². The van der Waals surface area contributed by atoms with Crippen LogP contribution >= 0.6 is 11.3 Å². The van der Waals surface area contributed by atoms with Gasteiger partial charge in [-0.2, -0.15) is 0 Å². The van der Waals surface area contributed by atoms with Gasteiger partial charge in [-0.05, 0) is 0 Å². The monoisotopic (exact) mass is 224 g/mol. The Labute approximate surface area is 89.6 Å². The Morgan fingerprint density at radius 1 is 1.47 bits per heavy atom. The lowest BCUT2D eigenvalue weighted by atomic mass is 10.3. The van der Waals surface area contributed by atoms with Crippen molar-refractivity contribution in [2.24, 2.45) is 0 Å². The van der Waals surface area contributed by atoms with Gasteiger partial charge in [-0.3, -0.25) is 9.59 Å². The molecule has 2 aliphatic rings. The maximum Gasteiger partial charge on any atom is 0.265 e. The van der Waals surface area contributed by atoms with E-state index in [9.17, 15) is 9.59 Å². The smallest absolute Gasteiger partial charge is 0.265 e. The van der Waals surface area contributed by atoms with E-state index in [-0.39, 0.29) is 18.4 Å². The SMILES string of the molecule is O=C1NCCN2C(=O)COc3csc1c32. The van der Waals surface area contributed by atoms with Crippen molar-refractivity contribution in [3.63, 3.8) is 0 Å². The maximum absolute atomic E-state index is 11.6. The number of anilines is 1. The summed E-state index contributed by atoms with van der Waals surface area (Å²) in [6.07, 6.45) is 0. The average Bonchev–Trinajstić information content (AvgIpc) is 2.57. The van der Waals surface area contributed by atoms with Gasteiger partial charge in [0.25, 0.3) is 11.8 Å². The van der Waals surface area contributed by atoms with E-state index in [1.54, 1.807) is 10.3 Å². The van der Waals surface area contributed by atoms with Crippen LogP contribution in [0.4, 0.5) is 5.69 Å². The Kier molecular flexibility index (Phi) is 1.72. The van der Waals surface area contributed by atoms with Crippen LogP contribution in [0.1, 0.15) is 9.67 Å². The number of hydrogen-bond donors (Lipinski definition) is 1. The van der Waals surface area contributed by atoms with E-state index in [1.165, 1.54) is 11.3 Å². The van der Waals surface area contributed by atoms with Gasteiger partial charge in [0.1, 0.15) is 10.6 Å².